The van der Waals surface area contributed by atoms with Crippen LogP contribution in [0.2, 0.25) is 0 Å². The lowest BCUT2D eigenvalue weighted by Crippen LogP contribution is -1.92. The summed E-state index contributed by atoms with van der Waals surface area (Å²) in [4.78, 5) is 14.5. The number of hydrogen-bond donors (Lipinski definition) is 1. The zero-order valence-corrected chi connectivity index (χ0v) is 10.2. The molecule has 0 spiro atoms. The van der Waals surface area contributed by atoms with Crippen molar-refractivity contribution in [3.05, 3.63) is 41.7 Å². The third kappa shape index (κ3) is 2.82. The maximum atomic E-state index is 10.4. The van der Waals surface area contributed by atoms with Gasteiger partial charge >= 0.3 is 5.97 Å². The minimum atomic E-state index is -1.02. The molecule has 1 N–H and O–H groups in total. The zero-order chi connectivity index (χ0) is 13.1. The van der Waals surface area contributed by atoms with Crippen molar-refractivity contribution in [2.75, 3.05) is 0 Å². The summed E-state index contributed by atoms with van der Waals surface area (Å²) < 4.78 is 1.38. The summed E-state index contributed by atoms with van der Waals surface area (Å²) in [5.41, 5.74) is 3.21. The monoisotopic (exact) mass is 243 g/mol. The number of carboxylic acid groups (broad SMARTS) is 1. The molecule has 1 aromatic heterocycles. The fourth-order valence-electron chi connectivity index (χ4n) is 1.72. The maximum absolute atomic E-state index is 10.4. The molecule has 18 heavy (non-hydrogen) atoms. The summed E-state index contributed by atoms with van der Waals surface area (Å²) in [5.74, 6) is -0.435. The fourth-order valence-corrected chi connectivity index (χ4v) is 1.72. The lowest BCUT2D eigenvalue weighted by atomic mass is 10.1. The van der Waals surface area contributed by atoms with Gasteiger partial charge in [0.2, 0.25) is 0 Å². The van der Waals surface area contributed by atoms with Gasteiger partial charge in [-0.25, -0.2) is 14.5 Å². The maximum Gasteiger partial charge on any atom is 0.329 e. The first-order valence-corrected chi connectivity index (χ1v) is 5.45. The lowest BCUT2D eigenvalue weighted by Gasteiger charge is -2.00. The Hall–Kier alpha value is -2.43. The average molecular weight is 243 g/mol. The third-order valence-corrected chi connectivity index (χ3v) is 2.36. The van der Waals surface area contributed by atoms with Crippen molar-refractivity contribution in [1.29, 1.82) is 0 Å². The SMILES string of the molecule is Cc1cc(C)cc(-c2ncn(/C=C/C(=O)O)n2)c1. The van der Waals surface area contributed by atoms with Crippen LogP contribution in [0.25, 0.3) is 17.6 Å². The Morgan fingerprint density at radius 1 is 1.28 bits per heavy atom. The Morgan fingerprint density at radius 2 is 1.94 bits per heavy atom. The number of rotatable bonds is 3. The molecule has 0 saturated carbocycles. The van der Waals surface area contributed by atoms with E-state index in [0.717, 1.165) is 22.8 Å². The highest BCUT2D eigenvalue weighted by atomic mass is 16.4. The minimum absolute atomic E-state index is 0.580. The van der Waals surface area contributed by atoms with Crippen molar-refractivity contribution >= 4 is 12.2 Å². The highest BCUT2D eigenvalue weighted by Gasteiger charge is 2.04. The van der Waals surface area contributed by atoms with E-state index in [0.29, 0.717) is 5.82 Å². The largest absolute Gasteiger partial charge is 0.478 e. The first kappa shape index (κ1) is 12.0. The van der Waals surface area contributed by atoms with E-state index in [1.807, 2.05) is 26.0 Å². The number of nitrogens with zero attached hydrogens (tertiary/aromatic N) is 3. The Morgan fingerprint density at radius 3 is 2.56 bits per heavy atom. The summed E-state index contributed by atoms with van der Waals surface area (Å²) in [7, 11) is 0. The van der Waals surface area contributed by atoms with E-state index < -0.39 is 5.97 Å². The minimum Gasteiger partial charge on any atom is -0.478 e. The Kier molecular flexibility index (Phi) is 3.23. The molecule has 0 aliphatic rings. The molecule has 0 atom stereocenters. The highest BCUT2D eigenvalue weighted by molar-refractivity contribution is 5.82. The van der Waals surface area contributed by atoms with Gasteiger partial charge in [-0.05, 0) is 26.0 Å². The third-order valence-electron chi connectivity index (χ3n) is 2.36. The van der Waals surface area contributed by atoms with Crippen LogP contribution in [0, 0.1) is 13.8 Å². The molecule has 5 heteroatoms. The molecule has 0 aliphatic carbocycles. The molecule has 5 nitrogen and oxygen atoms in total. The fraction of sp³-hybridized carbons (Fsp3) is 0.154. The Balaban J connectivity index is 2.32. The second-order valence-corrected chi connectivity index (χ2v) is 4.08. The van der Waals surface area contributed by atoms with Crippen molar-refractivity contribution < 1.29 is 9.90 Å². The molecule has 0 saturated heterocycles. The van der Waals surface area contributed by atoms with E-state index in [2.05, 4.69) is 16.1 Å². The van der Waals surface area contributed by atoms with E-state index in [-0.39, 0.29) is 0 Å². The van der Waals surface area contributed by atoms with Gasteiger partial charge < -0.3 is 5.11 Å². The van der Waals surface area contributed by atoms with Crippen molar-refractivity contribution in [3.63, 3.8) is 0 Å². The Labute approximate surface area is 104 Å². The van der Waals surface area contributed by atoms with E-state index in [1.54, 1.807) is 0 Å². The number of hydrogen-bond acceptors (Lipinski definition) is 3. The van der Waals surface area contributed by atoms with E-state index in [1.165, 1.54) is 17.2 Å². The molecule has 0 amide bonds. The zero-order valence-electron chi connectivity index (χ0n) is 10.2. The van der Waals surface area contributed by atoms with Gasteiger partial charge in [0, 0.05) is 17.8 Å². The molecular formula is C13H13N3O2. The smallest absolute Gasteiger partial charge is 0.329 e. The van der Waals surface area contributed by atoms with Crippen LogP contribution in [0.1, 0.15) is 11.1 Å². The Bertz CT molecular complexity index is 594. The number of aromatic nitrogens is 3. The topological polar surface area (TPSA) is 68.0 Å². The number of aryl methyl sites for hydroxylation is 2. The van der Waals surface area contributed by atoms with Crippen molar-refractivity contribution in [2.24, 2.45) is 0 Å². The lowest BCUT2D eigenvalue weighted by molar-refractivity contribution is -0.131. The van der Waals surface area contributed by atoms with Crippen LogP contribution in [0.5, 0.6) is 0 Å². The first-order valence-electron chi connectivity index (χ1n) is 5.45. The van der Waals surface area contributed by atoms with Crippen LogP contribution in [-0.4, -0.2) is 25.8 Å². The second kappa shape index (κ2) is 4.83. The molecular weight excluding hydrogens is 230 g/mol. The van der Waals surface area contributed by atoms with E-state index in [4.69, 9.17) is 5.11 Å². The molecule has 1 heterocycles. The summed E-state index contributed by atoms with van der Waals surface area (Å²) >= 11 is 0. The van der Waals surface area contributed by atoms with Gasteiger partial charge in [0.1, 0.15) is 6.33 Å². The molecule has 1 aromatic carbocycles. The standard InChI is InChI=1S/C13H13N3O2/c1-9-5-10(2)7-11(6-9)13-14-8-16(15-13)4-3-12(17)18/h3-8H,1-2H3,(H,17,18)/b4-3+. The van der Waals surface area contributed by atoms with Gasteiger partial charge in [-0.3, -0.25) is 0 Å². The van der Waals surface area contributed by atoms with Gasteiger partial charge in [0.25, 0.3) is 0 Å². The molecule has 2 aromatic rings. The van der Waals surface area contributed by atoms with Gasteiger partial charge in [-0.1, -0.05) is 17.2 Å². The van der Waals surface area contributed by atoms with Crippen LogP contribution in [0.15, 0.2) is 30.6 Å². The van der Waals surface area contributed by atoms with Gasteiger partial charge in [0.15, 0.2) is 5.82 Å². The van der Waals surface area contributed by atoms with E-state index in [9.17, 15) is 4.79 Å². The number of carboxylic acids is 1. The number of aliphatic carboxylic acids is 1. The second-order valence-electron chi connectivity index (χ2n) is 4.08. The molecule has 0 unspecified atom stereocenters. The predicted octanol–water partition coefficient (Wildman–Crippen LogP) is 2.12. The summed E-state index contributed by atoms with van der Waals surface area (Å²) in [6.45, 7) is 4.02. The van der Waals surface area contributed by atoms with Gasteiger partial charge in [-0.2, -0.15) is 0 Å². The van der Waals surface area contributed by atoms with Crippen molar-refractivity contribution in [3.8, 4) is 11.4 Å². The van der Waals surface area contributed by atoms with Crippen molar-refractivity contribution in [2.45, 2.75) is 13.8 Å². The quantitative estimate of drug-likeness (QED) is 0.838. The molecule has 0 aliphatic heterocycles. The van der Waals surface area contributed by atoms with Gasteiger partial charge in [-0.15, -0.1) is 5.10 Å². The summed E-state index contributed by atoms with van der Waals surface area (Å²) in [5, 5.41) is 12.7. The molecule has 2 rings (SSSR count). The molecule has 92 valence electrons. The molecule has 0 fully saturated rings. The highest BCUT2D eigenvalue weighted by Crippen LogP contribution is 2.18. The van der Waals surface area contributed by atoms with E-state index >= 15 is 0 Å². The van der Waals surface area contributed by atoms with Gasteiger partial charge in [0.05, 0.1) is 0 Å². The average Bonchev–Trinajstić information content (AvgIpc) is 2.73. The van der Waals surface area contributed by atoms with Crippen LogP contribution in [0.3, 0.4) is 0 Å². The number of carbonyl (C=O) groups is 1. The summed E-state index contributed by atoms with van der Waals surface area (Å²) in [6, 6.07) is 6.06. The van der Waals surface area contributed by atoms with Crippen LogP contribution in [0.4, 0.5) is 0 Å². The summed E-state index contributed by atoms with van der Waals surface area (Å²) in [6.07, 6.45) is 3.84. The van der Waals surface area contributed by atoms with Crippen LogP contribution < -0.4 is 0 Å². The molecule has 0 radical (unpaired) electrons. The normalized spacial score (nSPS) is 11.0. The van der Waals surface area contributed by atoms with Crippen LogP contribution >= 0.6 is 0 Å². The molecule has 0 bridgehead atoms. The predicted molar refractivity (Wildman–Crippen MR) is 67.9 cm³/mol. The van der Waals surface area contributed by atoms with Crippen molar-refractivity contribution in [1.82, 2.24) is 14.8 Å². The van der Waals surface area contributed by atoms with Crippen LogP contribution in [-0.2, 0) is 4.79 Å². The number of benzene rings is 1. The first-order chi connectivity index (χ1) is 8.54.